The molecular formula is C12H19N3O4S. The molecule has 2 heterocycles. The zero-order valence-electron chi connectivity index (χ0n) is 11.4. The first kappa shape index (κ1) is 15.0. The Morgan fingerprint density at radius 2 is 2.35 bits per heavy atom. The molecule has 1 aromatic heterocycles. The maximum absolute atomic E-state index is 11.5. The number of aliphatic carboxylic acids is 1. The van der Waals surface area contributed by atoms with Crippen LogP contribution in [0.2, 0.25) is 0 Å². The van der Waals surface area contributed by atoms with Crippen molar-refractivity contribution in [2.75, 3.05) is 24.6 Å². The van der Waals surface area contributed by atoms with Gasteiger partial charge in [-0.1, -0.05) is 0 Å². The van der Waals surface area contributed by atoms with Crippen LogP contribution in [-0.2, 0) is 21.2 Å². The molecule has 2 rings (SSSR count). The van der Waals surface area contributed by atoms with Crippen molar-refractivity contribution in [3.8, 4) is 0 Å². The Kier molecular flexibility index (Phi) is 4.44. The molecule has 1 unspecified atom stereocenters. The molecule has 1 saturated heterocycles. The van der Waals surface area contributed by atoms with E-state index in [4.69, 9.17) is 5.11 Å². The molecule has 112 valence electrons. The Labute approximate surface area is 118 Å². The molecule has 0 aromatic carbocycles. The minimum atomic E-state index is -3.01. The van der Waals surface area contributed by atoms with Crippen molar-refractivity contribution in [2.24, 2.45) is 0 Å². The summed E-state index contributed by atoms with van der Waals surface area (Å²) < 4.78 is 25.0. The van der Waals surface area contributed by atoms with Crippen LogP contribution in [0.15, 0.2) is 12.4 Å². The van der Waals surface area contributed by atoms with Gasteiger partial charge in [-0.2, -0.15) is 0 Å². The van der Waals surface area contributed by atoms with Crippen molar-refractivity contribution in [2.45, 2.75) is 25.9 Å². The molecule has 0 aliphatic carbocycles. The highest BCUT2D eigenvalue weighted by Gasteiger charge is 2.32. The topological polar surface area (TPSA) is 92.5 Å². The molecule has 1 fully saturated rings. The number of hydrogen-bond donors (Lipinski definition) is 1. The molecule has 0 saturated carbocycles. The van der Waals surface area contributed by atoms with E-state index in [1.807, 2.05) is 17.7 Å². The number of carbonyl (C=O) groups is 1. The van der Waals surface area contributed by atoms with E-state index >= 15 is 0 Å². The van der Waals surface area contributed by atoms with E-state index in [1.54, 1.807) is 11.1 Å². The van der Waals surface area contributed by atoms with Gasteiger partial charge in [0.15, 0.2) is 9.84 Å². The Hall–Kier alpha value is -1.41. The van der Waals surface area contributed by atoms with Crippen molar-refractivity contribution in [3.05, 3.63) is 18.2 Å². The largest absolute Gasteiger partial charge is 0.480 e. The number of carboxylic acids is 1. The quantitative estimate of drug-likeness (QED) is 0.780. The first-order valence-corrected chi connectivity index (χ1v) is 8.33. The van der Waals surface area contributed by atoms with Crippen LogP contribution in [0.1, 0.15) is 12.2 Å². The van der Waals surface area contributed by atoms with Gasteiger partial charge in [-0.25, -0.2) is 13.4 Å². The first-order chi connectivity index (χ1) is 9.37. The number of carboxylic acid groups (broad SMARTS) is 1. The molecule has 7 nitrogen and oxygen atoms in total. The second-order valence-electron chi connectivity index (χ2n) is 5.09. The van der Waals surface area contributed by atoms with E-state index in [9.17, 15) is 13.2 Å². The second kappa shape index (κ2) is 5.92. The number of aryl methyl sites for hydroxylation is 1. The van der Waals surface area contributed by atoms with Crippen LogP contribution in [0.4, 0.5) is 0 Å². The predicted molar refractivity (Wildman–Crippen MR) is 73.2 cm³/mol. The number of sulfone groups is 1. The third-order valence-corrected chi connectivity index (χ3v) is 5.37. The third kappa shape index (κ3) is 3.80. The summed E-state index contributed by atoms with van der Waals surface area (Å²) in [5.41, 5.74) is 0. The smallest absolute Gasteiger partial charge is 0.317 e. The van der Waals surface area contributed by atoms with Crippen molar-refractivity contribution < 1.29 is 18.3 Å². The Morgan fingerprint density at radius 1 is 1.60 bits per heavy atom. The zero-order valence-corrected chi connectivity index (χ0v) is 12.2. The van der Waals surface area contributed by atoms with Crippen LogP contribution < -0.4 is 0 Å². The van der Waals surface area contributed by atoms with Crippen molar-refractivity contribution in [1.82, 2.24) is 14.5 Å². The lowest BCUT2D eigenvalue weighted by molar-refractivity contribution is -0.138. The van der Waals surface area contributed by atoms with E-state index in [2.05, 4.69) is 4.98 Å². The summed E-state index contributed by atoms with van der Waals surface area (Å²) >= 11 is 0. The van der Waals surface area contributed by atoms with Gasteiger partial charge >= 0.3 is 5.97 Å². The van der Waals surface area contributed by atoms with Crippen molar-refractivity contribution >= 4 is 15.8 Å². The fourth-order valence-electron chi connectivity index (χ4n) is 2.50. The Bertz CT molecular complexity index is 581. The Morgan fingerprint density at radius 3 is 2.85 bits per heavy atom. The molecule has 1 N–H and O–H groups in total. The van der Waals surface area contributed by atoms with Crippen LogP contribution in [0.3, 0.4) is 0 Å². The van der Waals surface area contributed by atoms with Crippen LogP contribution >= 0.6 is 0 Å². The van der Waals surface area contributed by atoms with Crippen LogP contribution in [0.25, 0.3) is 0 Å². The molecule has 0 spiro atoms. The lowest BCUT2D eigenvalue weighted by Gasteiger charge is -2.26. The van der Waals surface area contributed by atoms with Gasteiger partial charge in [0, 0.05) is 31.5 Å². The van der Waals surface area contributed by atoms with E-state index < -0.39 is 15.8 Å². The van der Waals surface area contributed by atoms with Gasteiger partial charge in [-0.05, 0) is 13.3 Å². The molecule has 1 aliphatic rings. The highest BCUT2D eigenvalue weighted by molar-refractivity contribution is 7.91. The summed E-state index contributed by atoms with van der Waals surface area (Å²) in [5.74, 6) is 0.136. The maximum atomic E-state index is 11.5. The van der Waals surface area contributed by atoms with Crippen LogP contribution in [0, 0.1) is 6.92 Å². The first-order valence-electron chi connectivity index (χ1n) is 6.51. The fraction of sp³-hybridized carbons (Fsp3) is 0.667. The van der Waals surface area contributed by atoms with Crippen LogP contribution in [-0.4, -0.2) is 64.6 Å². The highest BCUT2D eigenvalue weighted by atomic mass is 32.2. The van der Waals surface area contributed by atoms with Gasteiger partial charge in [0.25, 0.3) is 0 Å². The van der Waals surface area contributed by atoms with E-state index in [-0.39, 0.29) is 24.1 Å². The average Bonchev–Trinajstić information content (AvgIpc) is 2.90. The molecule has 0 radical (unpaired) electrons. The molecular weight excluding hydrogens is 282 g/mol. The van der Waals surface area contributed by atoms with Crippen LogP contribution in [0.5, 0.6) is 0 Å². The number of imidazole rings is 1. The average molecular weight is 301 g/mol. The van der Waals surface area contributed by atoms with Gasteiger partial charge in [-0.3, -0.25) is 9.69 Å². The van der Waals surface area contributed by atoms with E-state index in [1.165, 1.54) is 0 Å². The molecule has 20 heavy (non-hydrogen) atoms. The number of nitrogens with zero attached hydrogens (tertiary/aromatic N) is 3. The molecule has 1 aliphatic heterocycles. The maximum Gasteiger partial charge on any atom is 0.317 e. The van der Waals surface area contributed by atoms with Gasteiger partial charge in [-0.15, -0.1) is 0 Å². The second-order valence-corrected chi connectivity index (χ2v) is 7.32. The summed E-state index contributed by atoms with van der Waals surface area (Å²) in [7, 11) is -3.01. The monoisotopic (exact) mass is 301 g/mol. The fourth-order valence-corrected chi connectivity index (χ4v) is 4.27. The molecule has 1 aromatic rings. The SMILES string of the molecule is Cc1nccn1CCN(CC(=O)O)C1CCS(=O)(=O)C1. The van der Waals surface area contributed by atoms with Crippen molar-refractivity contribution in [1.29, 1.82) is 0 Å². The normalized spacial score (nSPS) is 21.4. The lowest BCUT2D eigenvalue weighted by Crippen LogP contribution is -2.41. The van der Waals surface area contributed by atoms with E-state index in [0.717, 1.165) is 5.82 Å². The van der Waals surface area contributed by atoms with Gasteiger partial charge in [0.05, 0.1) is 18.1 Å². The predicted octanol–water partition coefficient (Wildman–Crippen LogP) is -0.235. The van der Waals surface area contributed by atoms with Gasteiger partial charge in [0.2, 0.25) is 0 Å². The minimum absolute atomic E-state index is 0.0587. The molecule has 8 heteroatoms. The molecule has 0 amide bonds. The van der Waals surface area contributed by atoms with Crippen molar-refractivity contribution in [3.63, 3.8) is 0 Å². The third-order valence-electron chi connectivity index (χ3n) is 3.61. The Balaban J connectivity index is 2.01. The number of aromatic nitrogens is 2. The molecule has 0 bridgehead atoms. The standard InChI is InChI=1S/C12H19N3O4S/c1-10-13-3-4-14(10)5-6-15(8-12(16)17)11-2-7-20(18,19)9-11/h3-4,11H,2,5-9H2,1H3,(H,16,17). The number of rotatable bonds is 6. The summed E-state index contributed by atoms with van der Waals surface area (Å²) in [6.07, 6.45) is 4.04. The molecule has 1 atom stereocenters. The van der Waals surface area contributed by atoms with Gasteiger partial charge in [0.1, 0.15) is 5.82 Å². The highest BCUT2D eigenvalue weighted by Crippen LogP contribution is 2.17. The van der Waals surface area contributed by atoms with Gasteiger partial charge < -0.3 is 9.67 Å². The summed E-state index contributed by atoms with van der Waals surface area (Å²) in [6, 6.07) is -0.195. The minimum Gasteiger partial charge on any atom is -0.480 e. The number of hydrogen-bond acceptors (Lipinski definition) is 5. The summed E-state index contributed by atoms with van der Waals surface area (Å²) in [6.45, 7) is 2.86. The summed E-state index contributed by atoms with van der Waals surface area (Å²) in [4.78, 5) is 16.8. The summed E-state index contributed by atoms with van der Waals surface area (Å²) in [5, 5.41) is 8.98. The zero-order chi connectivity index (χ0) is 14.8. The van der Waals surface area contributed by atoms with E-state index in [0.29, 0.717) is 19.5 Å². The lowest BCUT2D eigenvalue weighted by atomic mass is 10.2.